The maximum Gasteiger partial charge on any atom is 0.143 e. The average molecular weight is 973 g/mol. The van der Waals surface area contributed by atoms with Crippen LogP contribution in [-0.4, -0.2) is 0 Å². The number of rotatable bonds is 12. The van der Waals surface area contributed by atoms with E-state index in [1.54, 1.807) is 0 Å². The Balaban J connectivity index is 0.848. The molecular formula is C73H52N2O. The van der Waals surface area contributed by atoms with Crippen LogP contribution >= 0.6 is 0 Å². The van der Waals surface area contributed by atoms with Crippen molar-refractivity contribution in [2.24, 2.45) is 0 Å². The number of allylic oxidation sites excluding steroid dienone is 2. The molecule has 76 heavy (non-hydrogen) atoms. The molecule has 0 aliphatic heterocycles. The fourth-order valence-corrected chi connectivity index (χ4v) is 10.7. The largest absolute Gasteiger partial charge is 0.455 e. The SMILES string of the molecule is C1=CCC(c2ccc(N(c3ccc(-c4ccccc4)cc3)c3ccc(-c4ccccc4)cc3)cc2)=c2oc3c(-c4ccc(N(c5ccc(-c6ccccc6)cc5)c5ccc(-c6ccccc6)cc5)cc4)cccc3c2=C1. The second-order valence-electron chi connectivity index (χ2n) is 19.2. The minimum atomic E-state index is 0.743. The third-order valence-electron chi connectivity index (χ3n) is 14.6. The summed E-state index contributed by atoms with van der Waals surface area (Å²) in [5.74, 6) is 0. The van der Waals surface area contributed by atoms with Crippen molar-refractivity contribution in [3.05, 3.63) is 313 Å². The Morgan fingerprint density at radius 3 is 0.947 bits per heavy atom. The van der Waals surface area contributed by atoms with Crippen molar-refractivity contribution in [3.8, 4) is 55.6 Å². The van der Waals surface area contributed by atoms with E-state index in [1.807, 2.05) is 0 Å². The van der Waals surface area contributed by atoms with Crippen LogP contribution in [0.1, 0.15) is 12.0 Å². The zero-order chi connectivity index (χ0) is 50.6. The standard InChI is InChI=1S/C73H52N2O/c1-5-16-52(17-6-1)56-28-40-62(41-29-56)74(63-42-30-57(31-43-63)53-18-7-2-8-19-53)66-48-36-60(37-49-66)68-24-13-14-25-70-71-27-15-26-69(73(71)76-72(68)70)61-38-50-67(51-39-61)75(64-44-32-58(33-45-64)54-20-9-3-10-21-54)65-46-34-59(35-47-65)55-22-11-4-12-23-55/h1-23,25-51H,24H2. The third-order valence-corrected chi connectivity index (χ3v) is 14.6. The lowest BCUT2D eigenvalue weighted by molar-refractivity contribution is 0.572. The minimum absolute atomic E-state index is 0.743. The van der Waals surface area contributed by atoms with Crippen molar-refractivity contribution < 1.29 is 4.42 Å². The molecule has 0 N–H and O–H groups in total. The molecule has 3 nitrogen and oxygen atoms in total. The van der Waals surface area contributed by atoms with Crippen LogP contribution in [0.2, 0.25) is 0 Å². The smallest absolute Gasteiger partial charge is 0.143 e. The highest BCUT2D eigenvalue weighted by Crippen LogP contribution is 2.40. The first-order chi connectivity index (χ1) is 37.7. The Kier molecular flexibility index (Phi) is 12.4. The molecule has 13 rings (SSSR count). The van der Waals surface area contributed by atoms with E-state index in [0.29, 0.717) is 0 Å². The van der Waals surface area contributed by atoms with Gasteiger partial charge < -0.3 is 14.2 Å². The van der Waals surface area contributed by atoms with Crippen LogP contribution in [0.4, 0.5) is 34.1 Å². The highest BCUT2D eigenvalue weighted by molar-refractivity contribution is 5.95. The van der Waals surface area contributed by atoms with Crippen LogP contribution in [-0.2, 0) is 0 Å². The summed E-state index contributed by atoms with van der Waals surface area (Å²) >= 11 is 0. The summed E-state index contributed by atoms with van der Waals surface area (Å²) in [4.78, 5) is 4.67. The first kappa shape index (κ1) is 45.9. The van der Waals surface area contributed by atoms with Crippen molar-refractivity contribution in [2.45, 2.75) is 6.42 Å². The number of para-hydroxylation sites is 1. The summed E-state index contributed by atoms with van der Waals surface area (Å²) in [6, 6.07) is 102. The highest BCUT2D eigenvalue weighted by atomic mass is 16.3. The van der Waals surface area contributed by atoms with Crippen molar-refractivity contribution in [1.29, 1.82) is 0 Å². The van der Waals surface area contributed by atoms with Gasteiger partial charge in [-0.05, 0) is 135 Å². The van der Waals surface area contributed by atoms with E-state index in [-0.39, 0.29) is 0 Å². The fraction of sp³-hybridized carbons (Fsp3) is 0.0137. The molecule has 1 aromatic heterocycles. The molecule has 0 amide bonds. The number of furan rings is 1. The molecule has 1 aliphatic rings. The van der Waals surface area contributed by atoms with Gasteiger partial charge in [-0.25, -0.2) is 0 Å². The van der Waals surface area contributed by atoms with Crippen molar-refractivity contribution >= 4 is 56.7 Å². The molecule has 0 atom stereocenters. The number of nitrogens with zero attached hydrogens (tertiary/aromatic N) is 2. The van der Waals surface area contributed by atoms with Crippen LogP contribution in [0.15, 0.2) is 302 Å². The van der Waals surface area contributed by atoms with E-state index < -0.39 is 0 Å². The van der Waals surface area contributed by atoms with Gasteiger partial charge in [0.2, 0.25) is 0 Å². The van der Waals surface area contributed by atoms with Crippen LogP contribution in [0, 0.1) is 0 Å². The van der Waals surface area contributed by atoms with Gasteiger partial charge in [-0.1, -0.05) is 231 Å². The second kappa shape index (κ2) is 20.5. The molecular weight excluding hydrogens is 921 g/mol. The zero-order valence-electron chi connectivity index (χ0n) is 41.9. The van der Waals surface area contributed by atoms with Crippen LogP contribution < -0.4 is 20.4 Å². The molecule has 3 heteroatoms. The van der Waals surface area contributed by atoms with Gasteiger partial charge in [0.05, 0.1) is 0 Å². The molecule has 11 aromatic carbocycles. The van der Waals surface area contributed by atoms with E-state index in [2.05, 4.69) is 313 Å². The molecule has 0 bridgehead atoms. The van der Waals surface area contributed by atoms with Gasteiger partial charge in [0, 0.05) is 55.9 Å². The number of benzene rings is 11. The van der Waals surface area contributed by atoms with E-state index in [1.165, 1.54) is 44.5 Å². The summed E-state index contributed by atoms with van der Waals surface area (Å²) in [7, 11) is 0. The number of fused-ring (bicyclic) bond motifs is 3. The van der Waals surface area contributed by atoms with Crippen LogP contribution in [0.5, 0.6) is 0 Å². The Bertz CT molecular complexity index is 3930. The van der Waals surface area contributed by atoms with Crippen molar-refractivity contribution in [1.82, 2.24) is 0 Å². The molecule has 0 saturated heterocycles. The lowest BCUT2D eigenvalue weighted by Crippen LogP contribution is -2.22. The monoisotopic (exact) mass is 972 g/mol. The van der Waals surface area contributed by atoms with Gasteiger partial charge in [0.1, 0.15) is 11.0 Å². The summed E-state index contributed by atoms with van der Waals surface area (Å²) in [6.45, 7) is 0. The van der Waals surface area contributed by atoms with Gasteiger partial charge in [-0.3, -0.25) is 0 Å². The van der Waals surface area contributed by atoms with Crippen molar-refractivity contribution in [3.63, 3.8) is 0 Å². The molecule has 0 saturated carbocycles. The molecule has 1 aliphatic carbocycles. The molecule has 0 unspecified atom stereocenters. The van der Waals surface area contributed by atoms with E-state index in [4.69, 9.17) is 4.42 Å². The Morgan fingerprint density at radius 2 is 0.592 bits per heavy atom. The topological polar surface area (TPSA) is 19.6 Å². The molecule has 0 spiro atoms. The normalized spacial score (nSPS) is 11.9. The van der Waals surface area contributed by atoms with Gasteiger partial charge in [-0.15, -0.1) is 0 Å². The lowest BCUT2D eigenvalue weighted by atomic mass is 10.0. The molecule has 0 radical (unpaired) electrons. The van der Waals surface area contributed by atoms with Gasteiger partial charge in [-0.2, -0.15) is 0 Å². The molecule has 360 valence electrons. The average Bonchev–Trinajstić information content (AvgIpc) is 3.79. The zero-order valence-corrected chi connectivity index (χ0v) is 41.9. The molecule has 1 heterocycles. The van der Waals surface area contributed by atoms with Gasteiger partial charge >= 0.3 is 0 Å². The predicted octanol–water partition coefficient (Wildman–Crippen LogP) is 18.6. The van der Waals surface area contributed by atoms with Gasteiger partial charge in [0.25, 0.3) is 0 Å². The summed E-state index contributed by atoms with van der Waals surface area (Å²) in [5.41, 5.74) is 22.2. The number of hydrogen-bond donors (Lipinski definition) is 0. The Morgan fingerprint density at radius 1 is 0.276 bits per heavy atom. The van der Waals surface area contributed by atoms with Crippen molar-refractivity contribution in [2.75, 3.05) is 9.80 Å². The van der Waals surface area contributed by atoms with E-state index >= 15 is 0 Å². The molecule has 12 aromatic rings. The molecule has 0 fully saturated rings. The number of hydrogen-bond acceptors (Lipinski definition) is 3. The first-order valence-corrected chi connectivity index (χ1v) is 26.0. The minimum Gasteiger partial charge on any atom is -0.455 e. The maximum absolute atomic E-state index is 7.12. The summed E-state index contributed by atoms with van der Waals surface area (Å²) in [6.07, 6.45) is 7.36. The Labute approximate surface area is 444 Å². The first-order valence-electron chi connectivity index (χ1n) is 26.0. The summed E-state index contributed by atoms with van der Waals surface area (Å²) < 4.78 is 7.12. The lowest BCUT2D eigenvalue weighted by Gasteiger charge is -2.26. The fourth-order valence-electron chi connectivity index (χ4n) is 10.7. The predicted molar refractivity (Wildman–Crippen MR) is 319 cm³/mol. The Hall–Kier alpha value is -9.96. The van der Waals surface area contributed by atoms with Crippen LogP contribution in [0.3, 0.4) is 0 Å². The third kappa shape index (κ3) is 9.12. The van der Waals surface area contributed by atoms with E-state index in [9.17, 15) is 0 Å². The highest BCUT2D eigenvalue weighted by Gasteiger charge is 2.19. The van der Waals surface area contributed by atoms with Crippen LogP contribution in [0.25, 0.3) is 78.3 Å². The quantitative estimate of drug-likeness (QED) is 0.122. The second-order valence-corrected chi connectivity index (χ2v) is 19.2. The number of anilines is 6. The van der Waals surface area contributed by atoms with E-state index in [0.717, 1.165) is 84.4 Å². The summed E-state index contributed by atoms with van der Waals surface area (Å²) in [5, 5.41) is 2.20. The maximum atomic E-state index is 7.12. The van der Waals surface area contributed by atoms with Gasteiger partial charge in [0.15, 0.2) is 0 Å².